The van der Waals surface area contributed by atoms with E-state index in [-0.39, 0.29) is 29.2 Å². The molecule has 2 N–H and O–H groups in total. The number of aromatic nitrogens is 6. The van der Waals surface area contributed by atoms with Gasteiger partial charge in [-0.2, -0.15) is 24.7 Å². The molecule has 1 aliphatic carbocycles. The number of likely N-dealkylation sites (tertiary alicyclic amines) is 1. The Bertz CT molecular complexity index is 2540. The summed E-state index contributed by atoms with van der Waals surface area (Å²) in [6.07, 6.45) is 9.91. The van der Waals surface area contributed by atoms with Crippen LogP contribution in [-0.4, -0.2) is 104 Å². The van der Waals surface area contributed by atoms with Crippen molar-refractivity contribution in [1.82, 2.24) is 44.1 Å². The van der Waals surface area contributed by atoms with E-state index in [1.54, 1.807) is 39.6 Å². The van der Waals surface area contributed by atoms with E-state index in [0.717, 1.165) is 72.8 Å². The lowest BCUT2D eigenvalue weighted by molar-refractivity contribution is -0.120. The van der Waals surface area contributed by atoms with Gasteiger partial charge in [-0.3, -0.25) is 19.7 Å². The van der Waals surface area contributed by atoms with Crippen LogP contribution < -0.4 is 15.5 Å². The van der Waals surface area contributed by atoms with Crippen molar-refractivity contribution in [2.45, 2.75) is 81.2 Å². The lowest BCUT2D eigenvalue weighted by Crippen LogP contribution is -2.49. The summed E-state index contributed by atoms with van der Waals surface area (Å²) in [6.45, 7) is 5.94. The van der Waals surface area contributed by atoms with Crippen molar-refractivity contribution in [3.8, 4) is 6.07 Å². The Balaban J connectivity index is 0.790. The highest BCUT2D eigenvalue weighted by atomic mass is 32.2. The molecule has 3 aliphatic heterocycles. The van der Waals surface area contributed by atoms with Gasteiger partial charge in [-0.1, -0.05) is 13.0 Å². The largest absolute Gasteiger partial charge is 0.351 e. The zero-order valence-corrected chi connectivity index (χ0v) is 33.7. The number of hydrogen-bond acceptors (Lipinski definition) is 11. The molecule has 58 heavy (non-hydrogen) atoms. The molecule has 6 heterocycles. The van der Waals surface area contributed by atoms with Crippen LogP contribution in [0, 0.1) is 17.2 Å². The first kappa shape index (κ1) is 38.1. The maximum absolute atomic E-state index is 13.9. The summed E-state index contributed by atoms with van der Waals surface area (Å²) in [5.74, 6) is 1.42. The summed E-state index contributed by atoms with van der Waals surface area (Å²) in [5.41, 5.74) is 4.29. The SMILES string of the molecule is CC(Cc1cc(S(=O)(=O)N2CCC(Nc3ncc4cnn(C5CC5)c4n3)CC2)ccc1C#N)CN1CCC(c2ccc3c(N4CCC(=O)NC4=O)nn(C)c3c2)CC1. The Morgan fingerprint density at radius 3 is 2.52 bits per heavy atom. The third kappa shape index (κ3) is 7.51. The van der Waals surface area contributed by atoms with Gasteiger partial charge >= 0.3 is 6.03 Å². The number of carbonyl (C=O) groups is 2. The molecule has 0 spiro atoms. The topological polar surface area (TPSA) is 187 Å². The predicted octanol–water partition coefficient (Wildman–Crippen LogP) is 4.69. The van der Waals surface area contributed by atoms with Crippen LogP contribution in [0.2, 0.25) is 0 Å². The van der Waals surface area contributed by atoms with Crippen molar-refractivity contribution < 1.29 is 18.0 Å². The number of anilines is 2. The average Bonchev–Trinajstić information content (AvgIpc) is 3.90. The van der Waals surface area contributed by atoms with Crippen LogP contribution in [0.1, 0.15) is 80.5 Å². The quantitative estimate of drug-likeness (QED) is 0.189. The Morgan fingerprint density at radius 1 is 0.983 bits per heavy atom. The maximum Gasteiger partial charge on any atom is 0.329 e. The summed E-state index contributed by atoms with van der Waals surface area (Å²) in [4.78, 5) is 37.6. The van der Waals surface area contributed by atoms with Crippen molar-refractivity contribution in [1.29, 1.82) is 5.26 Å². The van der Waals surface area contributed by atoms with E-state index in [4.69, 9.17) is 4.98 Å². The fourth-order valence-corrected chi connectivity index (χ4v) is 10.4. The number of aryl methyl sites for hydroxylation is 1. The minimum atomic E-state index is -3.75. The van der Waals surface area contributed by atoms with Gasteiger partial charge in [-0.15, -0.1) is 0 Å². The molecule has 16 nitrogen and oxygen atoms in total. The van der Waals surface area contributed by atoms with E-state index in [1.807, 2.05) is 17.8 Å². The molecule has 5 aromatic rings. The van der Waals surface area contributed by atoms with Gasteiger partial charge in [0.25, 0.3) is 0 Å². The van der Waals surface area contributed by atoms with Crippen LogP contribution in [0.5, 0.6) is 0 Å². The molecule has 3 aromatic heterocycles. The number of amides is 3. The normalized spacial score (nSPS) is 19.8. The second-order valence-electron chi connectivity index (χ2n) is 16.4. The molecule has 4 aliphatic rings. The number of nitrogens with one attached hydrogen (secondary N) is 2. The molecule has 3 saturated heterocycles. The fourth-order valence-electron chi connectivity index (χ4n) is 8.88. The first-order valence-electron chi connectivity index (χ1n) is 20.3. The van der Waals surface area contributed by atoms with Gasteiger partial charge < -0.3 is 10.2 Å². The van der Waals surface area contributed by atoms with E-state index in [9.17, 15) is 23.3 Å². The van der Waals surface area contributed by atoms with Gasteiger partial charge in [-0.25, -0.2) is 22.9 Å². The minimum Gasteiger partial charge on any atom is -0.351 e. The molecule has 3 amide bonds. The molecule has 302 valence electrons. The van der Waals surface area contributed by atoms with Crippen molar-refractivity contribution in [3.05, 3.63) is 65.5 Å². The smallest absolute Gasteiger partial charge is 0.329 e. The summed E-state index contributed by atoms with van der Waals surface area (Å²) in [5, 5.41) is 26.7. The number of rotatable bonds is 11. The molecule has 1 saturated carbocycles. The number of fused-ring (bicyclic) bond motifs is 2. The number of nitrogens with zero attached hydrogens (tertiary/aromatic N) is 10. The number of benzene rings is 2. The first-order chi connectivity index (χ1) is 28.0. The van der Waals surface area contributed by atoms with Gasteiger partial charge in [0, 0.05) is 57.3 Å². The summed E-state index contributed by atoms with van der Waals surface area (Å²) in [7, 11) is -1.87. The van der Waals surface area contributed by atoms with E-state index in [0.29, 0.717) is 68.2 Å². The molecule has 0 bridgehead atoms. The van der Waals surface area contributed by atoms with Gasteiger partial charge in [0.2, 0.25) is 21.9 Å². The lowest BCUT2D eigenvalue weighted by atomic mass is 9.88. The molecular formula is C41H48N12O4S. The van der Waals surface area contributed by atoms with Crippen LogP contribution in [-0.2, 0) is 28.3 Å². The van der Waals surface area contributed by atoms with Gasteiger partial charge in [0.05, 0.1) is 39.7 Å². The van der Waals surface area contributed by atoms with Crippen LogP contribution in [0.4, 0.5) is 16.6 Å². The maximum atomic E-state index is 13.9. The first-order valence-corrected chi connectivity index (χ1v) is 21.8. The van der Waals surface area contributed by atoms with E-state index in [2.05, 4.69) is 55.8 Å². The van der Waals surface area contributed by atoms with Crippen LogP contribution in [0.25, 0.3) is 21.9 Å². The van der Waals surface area contributed by atoms with E-state index >= 15 is 0 Å². The fraction of sp³-hybridized carbons (Fsp3) is 0.488. The lowest BCUT2D eigenvalue weighted by Gasteiger charge is -2.34. The molecule has 9 rings (SSSR count). The molecule has 1 unspecified atom stereocenters. The summed E-state index contributed by atoms with van der Waals surface area (Å²) >= 11 is 0. The minimum absolute atomic E-state index is 0.0480. The van der Waals surface area contributed by atoms with Gasteiger partial charge in [0.15, 0.2) is 11.5 Å². The van der Waals surface area contributed by atoms with Crippen molar-refractivity contribution in [2.75, 3.05) is 49.5 Å². The Hall–Kier alpha value is -5.44. The highest BCUT2D eigenvalue weighted by molar-refractivity contribution is 7.89. The average molecular weight is 805 g/mol. The molecule has 4 fully saturated rings. The van der Waals surface area contributed by atoms with Crippen LogP contribution >= 0.6 is 0 Å². The van der Waals surface area contributed by atoms with E-state index < -0.39 is 16.1 Å². The zero-order valence-electron chi connectivity index (χ0n) is 32.8. The third-order valence-electron chi connectivity index (χ3n) is 12.2. The molecule has 1 atom stereocenters. The summed E-state index contributed by atoms with van der Waals surface area (Å²) in [6, 6.07) is 13.6. The van der Waals surface area contributed by atoms with Crippen molar-refractivity contribution in [3.63, 3.8) is 0 Å². The number of hydrogen-bond donors (Lipinski definition) is 2. The second-order valence-corrected chi connectivity index (χ2v) is 18.3. The van der Waals surface area contributed by atoms with Gasteiger partial charge in [-0.05, 0) is 111 Å². The van der Waals surface area contributed by atoms with Gasteiger partial charge in [0.1, 0.15) is 0 Å². The second kappa shape index (κ2) is 15.4. The summed E-state index contributed by atoms with van der Waals surface area (Å²) < 4.78 is 33.2. The number of piperidine rings is 2. The highest BCUT2D eigenvalue weighted by Crippen LogP contribution is 2.37. The number of carbonyl (C=O) groups excluding carboxylic acids is 2. The number of urea groups is 1. The van der Waals surface area contributed by atoms with Crippen LogP contribution in [0.15, 0.2) is 53.7 Å². The van der Waals surface area contributed by atoms with Crippen molar-refractivity contribution in [2.24, 2.45) is 13.0 Å². The molecule has 0 radical (unpaired) electrons. The van der Waals surface area contributed by atoms with Crippen LogP contribution in [0.3, 0.4) is 0 Å². The molecule has 2 aromatic carbocycles. The third-order valence-corrected chi connectivity index (χ3v) is 14.1. The Morgan fingerprint density at radius 2 is 1.78 bits per heavy atom. The monoisotopic (exact) mass is 804 g/mol. The Labute approximate surface area is 337 Å². The Kier molecular flexibility index (Phi) is 10.1. The molecular weight excluding hydrogens is 757 g/mol. The zero-order chi connectivity index (χ0) is 40.1. The molecule has 17 heteroatoms. The number of imide groups is 1. The van der Waals surface area contributed by atoms with Crippen molar-refractivity contribution >= 4 is 55.7 Å². The highest BCUT2D eigenvalue weighted by Gasteiger charge is 2.32. The standard InChI is InChI=1S/C41H48N12O4S/c1-26(25-50-14-9-27(10-15-50)28-4-8-35-36(21-28)49(2)48-39(35)52-18-13-37(54)46-41(52)55)19-30-20-34(7-3-29(30)22-42)58(56,57)51-16-11-32(12-17-51)45-40-43-23-31-24-44-53(33-5-6-33)38(31)47-40/h3-4,7-8,20-21,23-24,26-27,32-33H,5-6,9-19,25H2,1-2H3,(H,43,45,47)(H,46,54,55). The predicted molar refractivity (Wildman–Crippen MR) is 218 cm³/mol. The number of nitriles is 1. The number of sulfonamides is 1. The van der Waals surface area contributed by atoms with E-state index in [1.165, 1.54) is 10.5 Å².